The van der Waals surface area contributed by atoms with E-state index in [2.05, 4.69) is 25.2 Å². The quantitative estimate of drug-likeness (QED) is 0.830. The van der Waals surface area contributed by atoms with Gasteiger partial charge in [-0.25, -0.2) is 0 Å². The Balaban J connectivity index is 2.25. The van der Waals surface area contributed by atoms with E-state index in [9.17, 15) is 4.79 Å². The molecular weight excluding hydrogens is 202 g/mol. The van der Waals surface area contributed by atoms with E-state index >= 15 is 0 Å². The predicted molar refractivity (Wildman–Crippen MR) is 63.7 cm³/mol. The van der Waals surface area contributed by atoms with Crippen LogP contribution in [0.5, 0.6) is 5.75 Å². The molecule has 3 heteroatoms. The minimum absolute atomic E-state index is 0.0282. The van der Waals surface area contributed by atoms with E-state index in [1.807, 2.05) is 12.1 Å². The van der Waals surface area contributed by atoms with Gasteiger partial charge in [0.05, 0.1) is 18.7 Å². The summed E-state index contributed by atoms with van der Waals surface area (Å²) in [6, 6.07) is 6.02. The molecule has 1 aromatic rings. The number of ether oxygens (including phenoxy) is 1. The summed E-state index contributed by atoms with van der Waals surface area (Å²) in [4.78, 5) is 11.4. The molecule has 0 saturated heterocycles. The van der Waals surface area contributed by atoms with E-state index in [1.54, 1.807) is 0 Å². The maximum Gasteiger partial charge on any atom is 0.227 e. The van der Waals surface area contributed by atoms with Gasteiger partial charge < -0.3 is 10.1 Å². The van der Waals surface area contributed by atoms with E-state index in [4.69, 9.17) is 4.74 Å². The number of fused-ring (bicyclic) bond motifs is 1. The number of benzene rings is 1. The molecule has 3 nitrogen and oxygen atoms in total. The normalized spacial score (nSPS) is 15.1. The highest BCUT2D eigenvalue weighted by molar-refractivity contribution is 5.93. The smallest absolute Gasteiger partial charge is 0.227 e. The Morgan fingerprint density at radius 3 is 3.00 bits per heavy atom. The van der Waals surface area contributed by atoms with Crippen molar-refractivity contribution >= 4 is 11.6 Å². The van der Waals surface area contributed by atoms with E-state index in [0.717, 1.165) is 17.9 Å². The largest absolute Gasteiger partial charge is 0.491 e. The molecule has 0 fully saturated rings. The van der Waals surface area contributed by atoms with Crippen molar-refractivity contribution in [1.82, 2.24) is 0 Å². The number of rotatable bonds is 2. The Kier molecular flexibility index (Phi) is 3.13. The second-order valence-electron chi connectivity index (χ2n) is 4.58. The Morgan fingerprint density at radius 2 is 2.25 bits per heavy atom. The summed E-state index contributed by atoms with van der Waals surface area (Å²) in [5.74, 6) is 1.42. The molecule has 1 aromatic carbocycles. The Morgan fingerprint density at radius 1 is 1.44 bits per heavy atom. The van der Waals surface area contributed by atoms with Gasteiger partial charge in [-0.1, -0.05) is 19.9 Å². The van der Waals surface area contributed by atoms with Crippen LogP contribution in [0.15, 0.2) is 18.2 Å². The molecule has 0 aromatic heterocycles. The zero-order chi connectivity index (χ0) is 11.5. The number of hydrogen-bond donors (Lipinski definition) is 1. The summed E-state index contributed by atoms with van der Waals surface area (Å²) in [6.07, 6.45) is 1.44. The van der Waals surface area contributed by atoms with Crippen molar-refractivity contribution in [2.75, 3.05) is 11.9 Å². The van der Waals surface area contributed by atoms with Crippen LogP contribution in [0, 0.1) is 5.92 Å². The first-order chi connectivity index (χ1) is 7.65. The molecule has 1 N–H and O–H groups in total. The summed E-state index contributed by atoms with van der Waals surface area (Å²) >= 11 is 0. The minimum atomic E-state index is 0.0282. The van der Waals surface area contributed by atoms with Crippen molar-refractivity contribution in [2.24, 2.45) is 5.92 Å². The maximum absolute atomic E-state index is 11.4. The van der Waals surface area contributed by atoms with E-state index in [1.165, 1.54) is 5.56 Å². The van der Waals surface area contributed by atoms with Crippen molar-refractivity contribution in [3.05, 3.63) is 23.8 Å². The molecule has 1 amide bonds. The van der Waals surface area contributed by atoms with E-state index < -0.39 is 0 Å². The first kappa shape index (κ1) is 11.0. The summed E-state index contributed by atoms with van der Waals surface area (Å²) in [7, 11) is 0. The molecule has 2 rings (SSSR count). The summed E-state index contributed by atoms with van der Waals surface area (Å²) < 4.78 is 5.50. The number of hydrogen-bond acceptors (Lipinski definition) is 2. The predicted octanol–water partition coefficient (Wildman–Crippen LogP) is 2.61. The van der Waals surface area contributed by atoms with Crippen LogP contribution in [0.3, 0.4) is 0 Å². The Labute approximate surface area is 95.8 Å². The summed E-state index contributed by atoms with van der Waals surface area (Å²) in [5, 5.41) is 2.87. The summed E-state index contributed by atoms with van der Waals surface area (Å²) in [6.45, 7) is 4.82. The van der Waals surface area contributed by atoms with Crippen LogP contribution in [0.2, 0.25) is 0 Å². The van der Waals surface area contributed by atoms with Crippen LogP contribution in [-0.4, -0.2) is 12.5 Å². The van der Waals surface area contributed by atoms with Gasteiger partial charge in [-0.15, -0.1) is 0 Å². The van der Waals surface area contributed by atoms with E-state index in [-0.39, 0.29) is 5.91 Å². The molecular formula is C13H17NO2. The molecule has 16 heavy (non-hydrogen) atoms. The van der Waals surface area contributed by atoms with Crippen molar-refractivity contribution in [3.63, 3.8) is 0 Å². The van der Waals surface area contributed by atoms with Gasteiger partial charge in [0.2, 0.25) is 5.91 Å². The maximum atomic E-state index is 11.4. The highest BCUT2D eigenvalue weighted by Crippen LogP contribution is 2.28. The molecule has 0 saturated carbocycles. The van der Waals surface area contributed by atoms with Gasteiger partial charge in [-0.05, 0) is 30.0 Å². The summed E-state index contributed by atoms with van der Waals surface area (Å²) in [5.41, 5.74) is 2.04. The molecule has 1 heterocycles. The number of carbonyl (C=O) groups excluding carboxylic acids is 1. The third kappa shape index (κ3) is 2.54. The second kappa shape index (κ2) is 4.56. The highest BCUT2D eigenvalue weighted by atomic mass is 16.5. The Bertz CT molecular complexity index is 399. The van der Waals surface area contributed by atoms with Crippen LogP contribution >= 0.6 is 0 Å². The van der Waals surface area contributed by atoms with Crippen molar-refractivity contribution in [1.29, 1.82) is 0 Å². The van der Waals surface area contributed by atoms with Gasteiger partial charge in [0, 0.05) is 0 Å². The molecule has 0 radical (unpaired) electrons. The molecule has 0 unspecified atom stereocenters. The average Bonchev–Trinajstić information content (AvgIpc) is 2.37. The zero-order valence-corrected chi connectivity index (χ0v) is 9.75. The van der Waals surface area contributed by atoms with Gasteiger partial charge in [-0.3, -0.25) is 4.79 Å². The Hall–Kier alpha value is -1.51. The molecule has 0 aliphatic carbocycles. The van der Waals surface area contributed by atoms with Crippen molar-refractivity contribution in [2.45, 2.75) is 26.7 Å². The topological polar surface area (TPSA) is 38.3 Å². The van der Waals surface area contributed by atoms with Crippen molar-refractivity contribution in [3.8, 4) is 5.75 Å². The molecule has 0 spiro atoms. The second-order valence-corrected chi connectivity index (χ2v) is 4.58. The first-order valence-electron chi connectivity index (χ1n) is 5.71. The lowest BCUT2D eigenvalue weighted by molar-refractivity contribution is -0.116. The van der Waals surface area contributed by atoms with Crippen molar-refractivity contribution < 1.29 is 9.53 Å². The molecule has 86 valence electrons. The van der Waals surface area contributed by atoms with Crippen LogP contribution in [0.4, 0.5) is 5.69 Å². The number of anilines is 1. The molecule has 0 bridgehead atoms. The minimum Gasteiger partial charge on any atom is -0.491 e. The SMILES string of the molecule is CC(C)Cc1ccc2c(c1)NC(=O)CCO2. The van der Waals surface area contributed by atoms with Crippen LogP contribution in [0.25, 0.3) is 0 Å². The lowest BCUT2D eigenvalue weighted by atomic mass is 10.0. The molecule has 1 aliphatic heterocycles. The fourth-order valence-corrected chi connectivity index (χ4v) is 1.87. The van der Waals surface area contributed by atoms with Gasteiger partial charge in [-0.2, -0.15) is 0 Å². The number of carbonyl (C=O) groups is 1. The third-order valence-electron chi connectivity index (χ3n) is 2.55. The lowest BCUT2D eigenvalue weighted by Crippen LogP contribution is -2.10. The fourth-order valence-electron chi connectivity index (χ4n) is 1.87. The number of amides is 1. The van der Waals surface area contributed by atoms with E-state index in [0.29, 0.717) is 18.9 Å². The molecule has 0 atom stereocenters. The van der Waals surface area contributed by atoms with Gasteiger partial charge in [0.15, 0.2) is 0 Å². The average molecular weight is 219 g/mol. The monoisotopic (exact) mass is 219 g/mol. The highest BCUT2D eigenvalue weighted by Gasteiger charge is 2.14. The standard InChI is InChI=1S/C13H17NO2/c1-9(2)7-10-3-4-12-11(8-10)14-13(15)5-6-16-12/h3-4,8-9H,5-7H2,1-2H3,(H,14,15). The van der Waals surface area contributed by atoms with Gasteiger partial charge >= 0.3 is 0 Å². The lowest BCUT2D eigenvalue weighted by Gasteiger charge is -2.10. The third-order valence-corrected chi connectivity index (χ3v) is 2.55. The van der Waals surface area contributed by atoms with Gasteiger partial charge in [0.25, 0.3) is 0 Å². The fraction of sp³-hybridized carbons (Fsp3) is 0.462. The van der Waals surface area contributed by atoms with Gasteiger partial charge in [0.1, 0.15) is 5.75 Å². The molecule has 1 aliphatic rings. The van der Waals surface area contributed by atoms with Crippen LogP contribution in [-0.2, 0) is 11.2 Å². The van der Waals surface area contributed by atoms with Crippen LogP contribution in [0.1, 0.15) is 25.8 Å². The first-order valence-corrected chi connectivity index (χ1v) is 5.71. The van der Waals surface area contributed by atoms with Crippen LogP contribution < -0.4 is 10.1 Å². The zero-order valence-electron chi connectivity index (χ0n) is 9.75. The number of nitrogens with one attached hydrogen (secondary N) is 1.